The Morgan fingerprint density at radius 3 is 2.28 bits per heavy atom. The molecule has 0 fully saturated rings. The average molecular weight is 250 g/mol. The maximum atomic E-state index is 4.13. The fourth-order valence-corrected chi connectivity index (χ4v) is 2.67. The van der Waals surface area contributed by atoms with Crippen LogP contribution in [-0.4, -0.2) is 10.2 Å². The molecule has 2 nitrogen and oxygen atoms in total. The van der Waals surface area contributed by atoms with Crippen molar-refractivity contribution in [2.24, 2.45) is 0 Å². The van der Waals surface area contributed by atoms with Crippen LogP contribution in [0.2, 0.25) is 0 Å². The molecular formula is C16H30N2. The highest BCUT2D eigenvalue weighted by atomic mass is 15.1. The third-order valence-corrected chi connectivity index (χ3v) is 4.07. The highest BCUT2D eigenvalue weighted by Crippen LogP contribution is 2.33. The van der Waals surface area contributed by atoms with Crippen molar-refractivity contribution in [2.75, 3.05) is 0 Å². The summed E-state index contributed by atoms with van der Waals surface area (Å²) < 4.78 is 0. The summed E-state index contributed by atoms with van der Waals surface area (Å²) in [4.78, 5) is 0. The van der Waals surface area contributed by atoms with Gasteiger partial charge in [0, 0.05) is 17.3 Å². The summed E-state index contributed by atoms with van der Waals surface area (Å²) in [5.41, 5.74) is 1.63. The molecule has 0 saturated carbocycles. The molecule has 0 bridgehead atoms. The molecule has 1 rings (SSSR count). The van der Waals surface area contributed by atoms with Gasteiger partial charge in [-0.3, -0.25) is 5.10 Å². The van der Waals surface area contributed by atoms with Gasteiger partial charge < -0.3 is 0 Å². The number of aromatic amines is 1. The minimum Gasteiger partial charge on any atom is -0.282 e. The van der Waals surface area contributed by atoms with E-state index in [1.807, 2.05) is 6.20 Å². The van der Waals surface area contributed by atoms with Crippen molar-refractivity contribution < 1.29 is 0 Å². The van der Waals surface area contributed by atoms with Gasteiger partial charge in [-0.1, -0.05) is 65.7 Å². The maximum Gasteiger partial charge on any atom is 0.0490 e. The van der Waals surface area contributed by atoms with E-state index in [0.29, 0.717) is 5.41 Å². The normalized spacial score (nSPS) is 14.6. The van der Waals surface area contributed by atoms with E-state index in [9.17, 15) is 0 Å². The largest absolute Gasteiger partial charge is 0.282 e. The fourth-order valence-electron chi connectivity index (χ4n) is 2.67. The Hall–Kier alpha value is -0.790. The molecule has 1 aromatic rings. The van der Waals surface area contributed by atoms with Crippen LogP contribution >= 0.6 is 0 Å². The van der Waals surface area contributed by atoms with Crippen molar-refractivity contribution in [2.45, 2.75) is 84.0 Å². The number of aromatic nitrogens is 2. The van der Waals surface area contributed by atoms with Crippen molar-refractivity contribution in [3.05, 3.63) is 18.0 Å². The second kappa shape index (κ2) is 8.34. The molecule has 104 valence electrons. The van der Waals surface area contributed by atoms with Crippen LogP contribution in [0.25, 0.3) is 0 Å². The van der Waals surface area contributed by atoms with E-state index in [1.54, 1.807) is 0 Å². The Bertz CT molecular complexity index is 292. The van der Waals surface area contributed by atoms with Gasteiger partial charge in [-0.2, -0.15) is 5.10 Å². The van der Waals surface area contributed by atoms with Gasteiger partial charge in [0.05, 0.1) is 0 Å². The first-order valence-corrected chi connectivity index (χ1v) is 7.73. The number of rotatable bonds is 10. The zero-order valence-electron chi connectivity index (χ0n) is 12.5. The number of unbranched alkanes of at least 4 members (excludes halogenated alkanes) is 5. The van der Waals surface area contributed by atoms with E-state index in [-0.39, 0.29) is 0 Å². The summed E-state index contributed by atoms with van der Waals surface area (Å²) in [5.74, 6) is 0. The Labute approximate surface area is 113 Å². The molecule has 0 spiro atoms. The third-order valence-electron chi connectivity index (χ3n) is 4.07. The van der Waals surface area contributed by atoms with Gasteiger partial charge in [-0.25, -0.2) is 0 Å². The predicted molar refractivity (Wildman–Crippen MR) is 78.8 cm³/mol. The number of nitrogens with one attached hydrogen (secondary N) is 1. The quantitative estimate of drug-likeness (QED) is 0.567. The SMILES string of the molecule is CCCCCCCC(C)(CCCC)c1ccn[nH]1. The lowest BCUT2D eigenvalue weighted by Crippen LogP contribution is -2.22. The van der Waals surface area contributed by atoms with Crippen molar-refractivity contribution in [1.29, 1.82) is 0 Å². The highest BCUT2D eigenvalue weighted by Gasteiger charge is 2.26. The van der Waals surface area contributed by atoms with E-state index >= 15 is 0 Å². The summed E-state index contributed by atoms with van der Waals surface area (Å²) in [7, 11) is 0. The fraction of sp³-hybridized carbons (Fsp3) is 0.812. The molecule has 1 aromatic heterocycles. The lowest BCUT2D eigenvalue weighted by Gasteiger charge is -2.28. The van der Waals surface area contributed by atoms with Crippen molar-refractivity contribution in [3.8, 4) is 0 Å². The van der Waals surface area contributed by atoms with Crippen LogP contribution in [0, 0.1) is 0 Å². The summed E-state index contributed by atoms with van der Waals surface area (Å²) in [5, 5.41) is 7.32. The van der Waals surface area contributed by atoms with Gasteiger partial charge in [0.1, 0.15) is 0 Å². The van der Waals surface area contributed by atoms with Crippen LogP contribution in [-0.2, 0) is 5.41 Å². The van der Waals surface area contributed by atoms with Gasteiger partial charge in [0.2, 0.25) is 0 Å². The van der Waals surface area contributed by atoms with Crippen molar-refractivity contribution in [1.82, 2.24) is 10.2 Å². The van der Waals surface area contributed by atoms with Crippen LogP contribution in [0.15, 0.2) is 12.3 Å². The topological polar surface area (TPSA) is 28.7 Å². The van der Waals surface area contributed by atoms with Gasteiger partial charge in [-0.15, -0.1) is 0 Å². The lowest BCUT2D eigenvalue weighted by atomic mass is 9.77. The molecule has 1 heterocycles. The lowest BCUT2D eigenvalue weighted by molar-refractivity contribution is 0.359. The molecule has 1 atom stereocenters. The molecule has 18 heavy (non-hydrogen) atoms. The van der Waals surface area contributed by atoms with E-state index < -0.39 is 0 Å². The molecule has 2 heteroatoms. The molecule has 0 aromatic carbocycles. The molecule has 0 saturated heterocycles. The van der Waals surface area contributed by atoms with Crippen LogP contribution in [0.5, 0.6) is 0 Å². The predicted octanol–water partition coefficient (Wildman–Crippen LogP) is 5.22. The minimum atomic E-state index is 0.304. The Morgan fingerprint density at radius 1 is 1.00 bits per heavy atom. The van der Waals surface area contributed by atoms with E-state index in [1.165, 1.54) is 63.5 Å². The number of hydrogen-bond donors (Lipinski definition) is 1. The zero-order valence-corrected chi connectivity index (χ0v) is 12.5. The summed E-state index contributed by atoms with van der Waals surface area (Å²) in [6.07, 6.45) is 13.9. The van der Waals surface area contributed by atoms with Crippen molar-refractivity contribution >= 4 is 0 Å². The molecule has 0 aliphatic carbocycles. The number of nitrogens with zero attached hydrogens (tertiary/aromatic N) is 1. The van der Waals surface area contributed by atoms with E-state index in [2.05, 4.69) is 37.0 Å². The average Bonchev–Trinajstić information content (AvgIpc) is 2.90. The molecule has 0 aliphatic rings. The van der Waals surface area contributed by atoms with Crippen LogP contribution in [0.3, 0.4) is 0 Å². The van der Waals surface area contributed by atoms with Crippen molar-refractivity contribution in [3.63, 3.8) is 0 Å². The van der Waals surface area contributed by atoms with Crippen LogP contribution in [0.1, 0.15) is 84.3 Å². The number of hydrogen-bond acceptors (Lipinski definition) is 1. The number of H-pyrrole nitrogens is 1. The summed E-state index contributed by atoms with van der Waals surface area (Å²) in [6, 6.07) is 2.15. The second-order valence-electron chi connectivity index (χ2n) is 5.80. The minimum absolute atomic E-state index is 0.304. The first kappa shape index (κ1) is 15.3. The van der Waals surface area contributed by atoms with Crippen LogP contribution < -0.4 is 0 Å². The maximum absolute atomic E-state index is 4.13. The molecule has 1 unspecified atom stereocenters. The van der Waals surface area contributed by atoms with Gasteiger partial charge in [0.15, 0.2) is 0 Å². The van der Waals surface area contributed by atoms with Gasteiger partial charge in [0.25, 0.3) is 0 Å². The first-order chi connectivity index (χ1) is 8.73. The summed E-state index contributed by atoms with van der Waals surface area (Å²) in [6.45, 7) is 6.95. The Morgan fingerprint density at radius 2 is 1.67 bits per heavy atom. The Balaban J connectivity index is 2.45. The molecular weight excluding hydrogens is 220 g/mol. The molecule has 0 aliphatic heterocycles. The second-order valence-corrected chi connectivity index (χ2v) is 5.80. The highest BCUT2D eigenvalue weighted by molar-refractivity contribution is 5.13. The zero-order chi connectivity index (χ0) is 13.3. The van der Waals surface area contributed by atoms with Gasteiger partial charge in [-0.05, 0) is 18.9 Å². The van der Waals surface area contributed by atoms with Crippen LogP contribution in [0.4, 0.5) is 0 Å². The molecule has 0 amide bonds. The van der Waals surface area contributed by atoms with E-state index in [0.717, 1.165) is 0 Å². The monoisotopic (exact) mass is 250 g/mol. The molecule has 0 radical (unpaired) electrons. The smallest absolute Gasteiger partial charge is 0.0490 e. The van der Waals surface area contributed by atoms with Gasteiger partial charge >= 0.3 is 0 Å². The Kier molecular flexibility index (Phi) is 7.07. The first-order valence-electron chi connectivity index (χ1n) is 7.73. The standard InChI is InChI=1S/C16H30N2/c1-4-6-8-9-10-13-16(3,12-7-5-2)15-11-14-17-18-15/h11,14H,4-10,12-13H2,1-3H3,(H,17,18). The van der Waals surface area contributed by atoms with E-state index in [4.69, 9.17) is 0 Å². The molecule has 1 N–H and O–H groups in total. The summed E-state index contributed by atoms with van der Waals surface area (Å²) >= 11 is 0. The third kappa shape index (κ3) is 4.83.